The molecule has 1 saturated carbocycles. The van der Waals surface area contributed by atoms with Crippen LogP contribution in [0.4, 0.5) is 0 Å². The van der Waals surface area contributed by atoms with Gasteiger partial charge in [-0.25, -0.2) is 8.42 Å². The molecule has 1 aliphatic carbocycles. The van der Waals surface area contributed by atoms with E-state index >= 15 is 0 Å². The van der Waals surface area contributed by atoms with Gasteiger partial charge in [0.1, 0.15) is 0 Å². The number of alkyl halides is 1. The lowest BCUT2D eigenvalue weighted by Gasteiger charge is -2.32. The molecule has 1 saturated heterocycles. The quantitative estimate of drug-likeness (QED) is 0.256. The van der Waals surface area contributed by atoms with Gasteiger partial charge < -0.3 is 0 Å². The van der Waals surface area contributed by atoms with Gasteiger partial charge in [0.2, 0.25) is 10.0 Å². The number of hydrogen-bond donors (Lipinski definition) is 1. The van der Waals surface area contributed by atoms with Crippen LogP contribution in [-0.4, -0.2) is 17.8 Å². The lowest BCUT2D eigenvalue weighted by Crippen LogP contribution is -2.47. The first-order valence-electron chi connectivity index (χ1n) is 14.0. The number of hydrogen-bond acceptors (Lipinski definition) is 3. The van der Waals surface area contributed by atoms with Gasteiger partial charge in [0.25, 0.3) is 0 Å². The fraction of sp³-hybridized carbons (Fsp3) is 0.455. The molecule has 3 aromatic rings. The Kier molecular flexibility index (Phi) is 8.97. The Labute approximate surface area is 240 Å². The summed E-state index contributed by atoms with van der Waals surface area (Å²) in [4.78, 5) is 0.228. The van der Waals surface area contributed by atoms with Gasteiger partial charge in [-0.15, -0.1) is 0 Å². The Hall–Kier alpha value is -2.18. The third-order valence-corrected chi connectivity index (χ3v) is 11.8. The second-order valence-electron chi connectivity index (χ2n) is 11.8. The summed E-state index contributed by atoms with van der Waals surface area (Å²) < 4.78 is 28.8. The molecule has 6 heteroatoms. The van der Waals surface area contributed by atoms with E-state index in [-0.39, 0.29) is 10.9 Å². The zero-order chi connectivity index (χ0) is 28.5. The molecule has 0 spiro atoms. The number of rotatable bonds is 4. The molecule has 1 heterocycles. The monoisotopic (exact) mass is 566 g/mol. The van der Waals surface area contributed by atoms with Crippen LogP contribution in [0.5, 0.6) is 0 Å². The van der Waals surface area contributed by atoms with Crippen molar-refractivity contribution in [3.63, 3.8) is 0 Å². The van der Waals surface area contributed by atoms with Crippen LogP contribution in [0.2, 0.25) is 0 Å². The molecule has 1 N–H and O–H groups in total. The fourth-order valence-corrected chi connectivity index (χ4v) is 8.57. The first kappa shape index (κ1) is 29.8. The van der Waals surface area contributed by atoms with Crippen molar-refractivity contribution >= 4 is 21.6 Å². The zero-order valence-corrected chi connectivity index (χ0v) is 25.7. The Morgan fingerprint density at radius 3 is 1.54 bits per heavy atom. The average Bonchev–Trinajstić information content (AvgIpc) is 3.31. The van der Waals surface area contributed by atoms with Crippen LogP contribution in [0.1, 0.15) is 70.3 Å². The predicted octanol–water partition coefficient (Wildman–Crippen LogP) is 8.16. The maximum Gasteiger partial charge on any atom is 0.246 e. The molecule has 39 heavy (non-hydrogen) atoms. The van der Waals surface area contributed by atoms with Crippen LogP contribution in [0.15, 0.2) is 89.8 Å². The fourth-order valence-electron chi connectivity index (χ4n) is 6.32. The molecule has 0 radical (unpaired) electrons. The van der Waals surface area contributed by atoms with Gasteiger partial charge in [-0.3, -0.25) is 5.32 Å². The van der Waals surface area contributed by atoms with Crippen LogP contribution in [0.25, 0.3) is 0 Å². The second-order valence-corrected chi connectivity index (χ2v) is 14.3. The van der Waals surface area contributed by atoms with Crippen LogP contribution in [0.3, 0.4) is 0 Å². The zero-order valence-electron chi connectivity index (χ0n) is 24.2. The van der Waals surface area contributed by atoms with Crippen molar-refractivity contribution in [2.75, 3.05) is 0 Å². The van der Waals surface area contributed by atoms with E-state index in [9.17, 15) is 8.42 Å². The average molecular weight is 567 g/mol. The smallest absolute Gasteiger partial charge is 0.246 e. The van der Waals surface area contributed by atoms with Crippen molar-refractivity contribution in [2.24, 2.45) is 29.6 Å². The van der Waals surface area contributed by atoms with Crippen molar-refractivity contribution < 1.29 is 8.42 Å². The van der Waals surface area contributed by atoms with Crippen molar-refractivity contribution in [3.05, 3.63) is 102 Å². The molecule has 1 aliphatic heterocycles. The normalized spacial score (nSPS) is 33.0. The summed E-state index contributed by atoms with van der Waals surface area (Å²) >= 11 is 6.82. The van der Waals surface area contributed by atoms with Crippen LogP contribution >= 0.6 is 11.6 Å². The Balaban J connectivity index is 0.000000298. The molecule has 3 aromatic carbocycles. The minimum absolute atomic E-state index is 0.228. The molecule has 0 aromatic heterocycles. The lowest BCUT2D eigenvalue weighted by atomic mass is 9.92. The summed E-state index contributed by atoms with van der Waals surface area (Å²) in [6.07, 6.45) is 0. The number of aryl methyl sites for hydroxylation is 1. The van der Waals surface area contributed by atoms with E-state index in [1.807, 2.05) is 67.6 Å². The van der Waals surface area contributed by atoms with E-state index in [0.717, 1.165) is 46.3 Å². The van der Waals surface area contributed by atoms with E-state index in [2.05, 4.69) is 39.9 Å². The van der Waals surface area contributed by atoms with Crippen LogP contribution < -0.4 is 5.32 Å². The lowest BCUT2D eigenvalue weighted by molar-refractivity contribution is 0.295. The van der Waals surface area contributed by atoms with Gasteiger partial charge in [-0.2, -0.15) is 4.31 Å². The van der Waals surface area contributed by atoms with E-state index in [1.165, 1.54) is 4.31 Å². The molecular weight excluding hydrogens is 524 g/mol. The Bertz CT molecular complexity index is 1280. The van der Waals surface area contributed by atoms with Gasteiger partial charge in [0, 0.05) is 0 Å². The SMILES string of the molecule is CC1C(C)C(C)C(C)C1C.Cc1ccc(S(=O)(=O)N2[C@H](c3ccccc3)[C@@H](c3ccccc3)N[C@@]2(C)Cl)cc1. The summed E-state index contributed by atoms with van der Waals surface area (Å²) in [6, 6.07) is 25.5. The summed E-state index contributed by atoms with van der Waals surface area (Å²) in [7, 11) is -3.86. The maximum absolute atomic E-state index is 13.7. The predicted molar refractivity (Wildman–Crippen MR) is 162 cm³/mol. The second kappa shape index (κ2) is 11.7. The van der Waals surface area contributed by atoms with Gasteiger partial charge in [-0.05, 0) is 66.7 Å². The summed E-state index contributed by atoms with van der Waals surface area (Å²) in [6.45, 7) is 15.6. The molecule has 5 rings (SSSR count). The van der Waals surface area contributed by atoms with Crippen LogP contribution in [-0.2, 0) is 10.0 Å². The first-order chi connectivity index (χ1) is 18.4. The molecule has 0 amide bonds. The number of nitrogens with one attached hydrogen (secondary N) is 1. The standard InChI is InChI=1S/C23H23ClN2O2S.C10H20/c1-17-13-15-20(16-14-17)29(27,28)26-22(19-11-7-4-8-12-19)21(25-23(26,2)24)18-9-5-3-6-10-18;1-6-7(2)9(4)10(5)8(6)3/h3-16,21-22,25H,1-2H3;6-10H,1-5H3/t21-,22-,23-;/m1./s1. The summed E-state index contributed by atoms with van der Waals surface area (Å²) in [5.74, 6) is 4.68. The highest BCUT2D eigenvalue weighted by atomic mass is 35.5. The van der Waals surface area contributed by atoms with E-state index in [4.69, 9.17) is 11.6 Å². The van der Waals surface area contributed by atoms with Crippen molar-refractivity contribution in [1.29, 1.82) is 0 Å². The minimum Gasteiger partial charge on any atom is -0.277 e. The molecule has 210 valence electrons. The van der Waals surface area contributed by atoms with E-state index < -0.39 is 21.2 Å². The van der Waals surface area contributed by atoms with E-state index in [0.29, 0.717) is 0 Å². The van der Waals surface area contributed by atoms with Crippen molar-refractivity contribution in [1.82, 2.24) is 9.62 Å². The highest BCUT2D eigenvalue weighted by Gasteiger charge is 2.54. The molecule has 3 atom stereocenters. The first-order valence-corrected chi connectivity index (χ1v) is 15.9. The molecule has 0 bridgehead atoms. The van der Waals surface area contributed by atoms with Gasteiger partial charge in [0.15, 0.2) is 5.12 Å². The molecule has 4 nitrogen and oxygen atoms in total. The minimum atomic E-state index is -3.86. The third-order valence-electron chi connectivity index (χ3n) is 9.43. The number of benzene rings is 3. The van der Waals surface area contributed by atoms with Gasteiger partial charge in [-0.1, -0.05) is 125 Å². The maximum atomic E-state index is 13.7. The highest BCUT2D eigenvalue weighted by Crippen LogP contribution is 2.49. The Morgan fingerprint density at radius 2 is 1.10 bits per heavy atom. The van der Waals surface area contributed by atoms with Crippen molar-refractivity contribution in [2.45, 2.75) is 70.6 Å². The number of halogens is 1. The molecule has 2 aliphatic rings. The molecular formula is C33H43ClN2O2S. The summed E-state index contributed by atoms with van der Waals surface area (Å²) in [5.41, 5.74) is 2.86. The van der Waals surface area contributed by atoms with E-state index in [1.54, 1.807) is 31.2 Å². The van der Waals surface area contributed by atoms with Crippen LogP contribution in [0, 0.1) is 36.5 Å². The van der Waals surface area contributed by atoms with Gasteiger partial charge in [0.05, 0.1) is 17.0 Å². The molecule has 2 fully saturated rings. The number of nitrogens with zero attached hydrogens (tertiary/aromatic N) is 1. The third kappa shape index (κ3) is 5.97. The topological polar surface area (TPSA) is 49.4 Å². The van der Waals surface area contributed by atoms with Gasteiger partial charge >= 0.3 is 0 Å². The largest absolute Gasteiger partial charge is 0.277 e. The highest BCUT2D eigenvalue weighted by molar-refractivity contribution is 7.89. The number of sulfonamides is 1. The summed E-state index contributed by atoms with van der Waals surface area (Å²) in [5, 5.41) is 2.06. The Morgan fingerprint density at radius 1 is 0.692 bits per heavy atom. The van der Waals surface area contributed by atoms with Crippen molar-refractivity contribution in [3.8, 4) is 0 Å². The molecule has 0 unspecified atom stereocenters.